The molecule has 0 atom stereocenters. The fraction of sp³-hybridized carbons (Fsp3) is 0.235. The van der Waals surface area contributed by atoms with Gasteiger partial charge in [0.25, 0.3) is 0 Å². The summed E-state index contributed by atoms with van der Waals surface area (Å²) >= 11 is 3.41. The average Bonchev–Trinajstić information content (AvgIpc) is 2.55. The topological polar surface area (TPSA) is 91.5 Å². The Bertz CT molecular complexity index is 790. The van der Waals surface area contributed by atoms with Gasteiger partial charge in [0.2, 0.25) is 0 Å². The monoisotopic (exact) mass is 392 g/mol. The van der Waals surface area contributed by atoms with Gasteiger partial charge in [0.1, 0.15) is 0 Å². The first kappa shape index (κ1) is 17.9. The van der Waals surface area contributed by atoms with E-state index in [9.17, 15) is 9.59 Å². The number of benzene rings is 1. The number of esters is 2. The minimum atomic E-state index is -0.494. The number of carbonyl (C=O) groups excluding carboxylic acids is 2. The molecule has 0 aliphatic rings. The molecule has 2 rings (SSSR count). The number of pyridine rings is 1. The molecule has 24 heavy (non-hydrogen) atoms. The summed E-state index contributed by atoms with van der Waals surface area (Å²) < 4.78 is 10.5. The lowest BCUT2D eigenvalue weighted by molar-refractivity contribution is 0.0378. The van der Waals surface area contributed by atoms with Crippen LogP contribution in [0.5, 0.6) is 0 Å². The first-order chi connectivity index (χ1) is 11.3. The van der Waals surface area contributed by atoms with E-state index in [1.807, 2.05) is 0 Å². The lowest BCUT2D eigenvalue weighted by Crippen LogP contribution is -2.13. The van der Waals surface area contributed by atoms with Gasteiger partial charge in [0.15, 0.2) is 0 Å². The molecule has 6 nitrogen and oxygen atoms in total. The fourth-order valence-electron chi connectivity index (χ4n) is 2.06. The van der Waals surface area contributed by atoms with Crippen molar-refractivity contribution in [1.29, 1.82) is 0 Å². The molecule has 0 aliphatic carbocycles. The van der Waals surface area contributed by atoms with Crippen molar-refractivity contribution in [3.05, 3.63) is 46.1 Å². The number of hydrogen-bond donors (Lipinski definition) is 1. The highest BCUT2D eigenvalue weighted by molar-refractivity contribution is 9.10. The molecule has 1 aromatic heterocycles. The molecule has 0 aliphatic heterocycles. The maximum absolute atomic E-state index is 12.1. The van der Waals surface area contributed by atoms with Crippen molar-refractivity contribution in [2.45, 2.75) is 20.0 Å². The van der Waals surface area contributed by atoms with E-state index < -0.39 is 11.9 Å². The number of anilines is 1. The van der Waals surface area contributed by atoms with Crippen LogP contribution in [0.15, 0.2) is 34.9 Å². The smallest absolute Gasteiger partial charge is 0.340 e. The Balaban J connectivity index is 2.44. The first-order valence-corrected chi connectivity index (χ1v) is 7.97. The second-order valence-corrected chi connectivity index (χ2v) is 6.15. The zero-order valence-electron chi connectivity index (χ0n) is 13.5. The van der Waals surface area contributed by atoms with Crippen LogP contribution in [0.4, 0.5) is 5.69 Å². The Morgan fingerprint density at radius 2 is 1.92 bits per heavy atom. The van der Waals surface area contributed by atoms with Crippen molar-refractivity contribution >= 4 is 33.6 Å². The molecule has 126 valence electrons. The van der Waals surface area contributed by atoms with Crippen molar-refractivity contribution in [3.63, 3.8) is 0 Å². The summed E-state index contributed by atoms with van der Waals surface area (Å²) in [5.41, 5.74) is 8.07. The van der Waals surface area contributed by atoms with E-state index in [0.717, 1.165) is 0 Å². The molecule has 0 amide bonds. The summed E-state index contributed by atoms with van der Waals surface area (Å²) in [5.74, 6) is -0.953. The number of ether oxygens (including phenoxy) is 2. The maximum atomic E-state index is 12.1. The van der Waals surface area contributed by atoms with Gasteiger partial charge in [-0.2, -0.15) is 0 Å². The van der Waals surface area contributed by atoms with Gasteiger partial charge in [-0.25, -0.2) is 9.59 Å². The number of hydrogen-bond acceptors (Lipinski definition) is 6. The van der Waals surface area contributed by atoms with Gasteiger partial charge in [0, 0.05) is 21.9 Å². The van der Waals surface area contributed by atoms with Crippen molar-refractivity contribution in [1.82, 2.24) is 4.98 Å². The number of nitrogen functional groups attached to an aromatic ring is 1. The van der Waals surface area contributed by atoms with Crippen LogP contribution in [0, 0.1) is 0 Å². The number of halogens is 1. The third kappa shape index (κ3) is 3.91. The molecule has 0 radical (unpaired) electrons. The number of carbonyl (C=O) groups is 2. The molecule has 2 N–H and O–H groups in total. The van der Waals surface area contributed by atoms with Gasteiger partial charge in [-0.15, -0.1) is 0 Å². The minimum Gasteiger partial charge on any atom is -0.465 e. The Labute approximate surface area is 148 Å². The van der Waals surface area contributed by atoms with Gasteiger partial charge < -0.3 is 15.2 Å². The molecular formula is C17H17BrN2O4. The van der Waals surface area contributed by atoms with Gasteiger partial charge in [-0.05, 0) is 38.1 Å². The predicted molar refractivity (Wildman–Crippen MR) is 93.7 cm³/mol. The SMILES string of the molecule is COC(=O)c1ccnc(-c2cc(N)c(C(=O)OC(C)C)cc2Br)c1. The molecular weight excluding hydrogens is 376 g/mol. The van der Waals surface area contributed by atoms with E-state index in [2.05, 4.69) is 20.9 Å². The van der Waals surface area contributed by atoms with Crippen LogP contribution < -0.4 is 5.73 Å². The van der Waals surface area contributed by atoms with Gasteiger partial charge in [-0.3, -0.25) is 4.98 Å². The Morgan fingerprint density at radius 3 is 2.54 bits per heavy atom. The van der Waals surface area contributed by atoms with Gasteiger partial charge in [0.05, 0.1) is 30.0 Å². The Morgan fingerprint density at radius 1 is 1.21 bits per heavy atom. The lowest BCUT2D eigenvalue weighted by atomic mass is 10.0. The summed E-state index contributed by atoms with van der Waals surface area (Å²) in [7, 11) is 1.31. The van der Waals surface area contributed by atoms with Crippen LogP contribution in [-0.2, 0) is 9.47 Å². The molecule has 2 aromatic rings. The zero-order valence-corrected chi connectivity index (χ0v) is 15.1. The van der Waals surface area contributed by atoms with Gasteiger partial charge in [-0.1, -0.05) is 15.9 Å². The van der Waals surface area contributed by atoms with E-state index in [1.54, 1.807) is 38.1 Å². The quantitative estimate of drug-likeness (QED) is 0.632. The van der Waals surface area contributed by atoms with Crippen LogP contribution in [-0.4, -0.2) is 30.1 Å². The van der Waals surface area contributed by atoms with E-state index >= 15 is 0 Å². The lowest BCUT2D eigenvalue weighted by Gasteiger charge is -2.12. The number of aromatic nitrogens is 1. The van der Waals surface area contributed by atoms with Crippen LogP contribution in [0.25, 0.3) is 11.3 Å². The highest BCUT2D eigenvalue weighted by Gasteiger charge is 2.17. The summed E-state index contributed by atoms with van der Waals surface area (Å²) in [4.78, 5) is 27.9. The van der Waals surface area contributed by atoms with Crippen LogP contribution in [0.3, 0.4) is 0 Å². The van der Waals surface area contributed by atoms with E-state index in [4.69, 9.17) is 15.2 Å². The largest absolute Gasteiger partial charge is 0.465 e. The molecule has 1 heterocycles. The molecule has 0 saturated carbocycles. The summed E-state index contributed by atoms with van der Waals surface area (Å²) in [6.45, 7) is 3.53. The van der Waals surface area contributed by atoms with Gasteiger partial charge >= 0.3 is 11.9 Å². The average molecular weight is 393 g/mol. The van der Waals surface area contributed by atoms with Crippen molar-refractivity contribution in [3.8, 4) is 11.3 Å². The Kier molecular flexibility index (Phi) is 5.56. The molecule has 0 fully saturated rings. The highest BCUT2D eigenvalue weighted by atomic mass is 79.9. The van der Waals surface area contributed by atoms with E-state index in [1.165, 1.54) is 13.3 Å². The maximum Gasteiger partial charge on any atom is 0.340 e. The van der Waals surface area contributed by atoms with Crippen molar-refractivity contribution in [2.75, 3.05) is 12.8 Å². The van der Waals surface area contributed by atoms with E-state index in [0.29, 0.717) is 21.3 Å². The summed E-state index contributed by atoms with van der Waals surface area (Å²) in [6.07, 6.45) is 1.26. The highest BCUT2D eigenvalue weighted by Crippen LogP contribution is 2.32. The van der Waals surface area contributed by atoms with Crippen LogP contribution in [0.2, 0.25) is 0 Å². The normalized spacial score (nSPS) is 10.5. The third-order valence-corrected chi connectivity index (χ3v) is 3.81. The summed E-state index contributed by atoms with van der Waals surface area (Å²) in [5, 5.41) is 0. The van der Waals surface area contributed by atoms with Crippen molar-refractivity contribution < 1.29 is 19.1 Å². The molecule has 1 aromatic carbocycles. The minimum absolute atomic E-state index is 0.242. The standard InChI is InChI=1S/C17H17BrN2O4/c1-9(2)24-17(22)12-7-13(18)11(8-14(12)19)15-6-10(4-5-20-15)16(21)23-3/h4-9H,19H2,1-3H3. The molecule has 0 bridgehead atoms. The number of nitrogens with two attached hydrogens (primary N) is 1. The molecule has 0 saturated heterocycles. The second kappa shape index (κ2) is 7.44. The molecule has 0 unspecified atom stereocenters. The van der Waals surface area contributed by atoms with Crippen LogP contribution >= 0.6 is 15.9 Å². The van der Waals surface area contributed by atoms with Crippen molar-refractivity contribution in [2.24, 2.45) is 0 Å². The summed E-state index contributed by atoms with van der Waals surface area (Å²) in [6, 6.07) is 6.35. The first-order valence-electron chi connectivity index (χ1n) is 7.18. The number of nitrogens with zero attached hydrogens (tertiary/aromatic N) is 1. The fourth-order valence-corrected chi connectivity index (χ4v) is 2.61. The molecule has 0 spiro atoms. The predicted octanol–water partition coefficient (Wildman–Crippen LogP) is 3.45. The Hall–Kier alpha value is -2.41. The molecule has 7 heteroatoms. The number of rotatable bonds is 4. The second-order valence-electron chi connectivity index (χ2n) is 5.29. The third-order valence-electron chi connectivity index (χ3n) is 3.16. The van der Waals surface area contributed by atoms with Crippen LogP contribution in [0.1, 0.15) is 34.6 Å². The number of methoxy groups -OCH3 is 1. The van der Waals surface area contributed by atoms with E-state index in [-0.39, 0.29) is 17.4 Å². The zero-order chi connectivity index (χ0) is 17.9.